The number of carbonyl (C=O) groups is 1. The van der Waals surface area contributed by atoms with E-state index < -0.39 is 15.9 Å². The predicted molar refractivity (Wildman–Crippen MR) is 105 cm³/mol. The van der Waals surface area contributed by atoms with E-state index in [1.165, 1.54) is 22.5 Å². The van der Waals surface area contributed by atoms with Crippen molar-refractivity contribution in [3.8, 4) is 0 Å². The Hall–Kier alpha value is -2.46. The highest BCUT2D eigenvalue weighted by atomic mass is 35.5. The number of morpholine rings is 1. The molecule has 3 aromatic rings. The average Bonchev–Trinajstić information content (AvgIpc) is 3.11. The van der Waals surface area contributed by atoms with Crippen molar-refractivity contribution in [1.82, 2.24) is 14.3 Å². The van der Waals surface area contributed by atoms with Gasteiger partial charge in [-0.2, -0.15) is 4.31 Å². The molecule has 0 radical (unpaired) electrons. The number of carbonyl (C=O) groups excluding carboxylic acids is 1. The second-order valence-electron chi connectivity index (χ2n) is 6.21. The van der Waals surface area contributed by atoms with Gasteiger partial charge in [-0.15, -0.1) is 0 Å². The molecular formula is C18H17ClN4O4S. The normalized spacial score (nSPS) is 15.6. The number of aromatic nitrogens is 2. The number of H-pyrrole nitrogens is 1. The Morgan fingerprint density at radius 3 is 2.68 bits per heavy atom. The van der Waals surface area contributed by atoms with Crippen LogP contribution in [0.4, 0.5) is 5.95 Å². The van der Waals surface area contributed by atoms with Crippen molar-refractivity contribution >= 4 is 44.5 Å². The largest absolute Gasteiger partial charge is 0.379 e. The molecule has 2 heterocycles. The Balaban J connectivity index is 1.62. The number of ether oxygens (including phenoxy) is 1. The molecule has 1 aliphatic heterocycles. The summed E-state index contributed by atoms with van der Waals surface area (Å²) >= 11 is 6.15. The highest BCUT2D eigenvalue weighted by Gasteiger charge is 2.27. The Kier molecular flexibility index (Phi) is 5.07. The van der Waals surface area contributed by atoms with Crippen LogP contribution >= 0.6 is 11.6 Å². The van der Waals surface area contributed by atoms with Crippen LogP contribution in [0.25, 0.3) is 11.0 Å². The molecule has 0 saturated carbocycles. The third-order valence-corrected chi connectivity index (χ3v) is 6.64. The van der Waals surface area contributed by atoms with Crippen LogP contribution in [0.5, 0.6) is 0 Å². The van der Waals surface area contributed by atoms with E-state index in [0.717, 1.165) is 5.52 Å². The number of para-hydroxylation sites is 2. The Bertz CT molecular complexity index is 1110. The molecule has 146 valence electrons. The van der Waals surface area contributed by atoms with E-state index in [-0.39, 0.29) is 34.5 Å². The molecule has 1 aliphatic rings. The lowest BCUT2D eigenvalue weighted by Gasteiger charge is -2.26. The number of aromatic amines is 1. The van der Waals surface area contributed by atoms with E-state index in [2.05, 4.69) is 15.3 Å². The van der Waals surface area contributed by atoms with Crippen molar-refractivity contribution in [3.63, 3.8) is 0 Å². The number of nitrogens with zero attached hydrogens (tertiary/aromatic N) is 2. The Morgan fingerprint density at radius 2 is 1.93 bits per heavy atom. The monoisotopic (exact) mass is 420 g/mol. The molecule has 2 N–H and O–H groups in total. The number of nitrogens with one attached hydrogen (secondary N) is 2. The van der Waals surface area contributed by atoms with Crippen molar-refractivity contribution in [2.45, 2.75) is 4.90 Å². The van der Waals surface area contributed by atoms with Crippen LogP contribution in [0.1, 0.15) is 10.4 Å². The van der Waals surface area contributed by atoms with E-state index in [1.54, 1.807) is 0 Å². The minimum absolute atomic E-state index is 0.00792. The maximum atomic E-state index is 12.8. The molecule has 28 heavy (non-hydrogen) atoms. The first-order valence-corrected chi connectivity index (χ1v) is 10.4. The smallest absolute Gasteiger partial charge is 0.259 e. The molecule has 10 heteroatoms. The van der Waals surface area contributed by atoms with Crippen molar-refractivity contribution in [1.29, 1.82) is 0 Å². The third-order valence-electron chi connectivity index (χ3n) is 4.41. The van der Waals surface area contributed by atoms with Crippen molar-refractivity contribution in [2.24, 2.45) is 0 Å². The molecule has 0 atom stereocenters. The van der Waals surface area contributed by atoms with Crippen molar-refractivity contribution in [2.75, 3.05) is 31.6 Å². The summed E-state index contributed by atoms with van der Waals surface area (Å²) in [6.07, 6.45) is 0. The fraction of sp³-hybridized carbons (Fsp3) is 0.222. The second-order valence-corrected chi connectivity index (χ2v) is 8.56. The number of fused-ring (bicyclic) bond motifs is 1. The number of imidazole rings is 1. The Labute approximate surface area is 166 Å². The maximum absolute atomic E-state index is 12.8. The highest BCUT2D eigenvalue weighted by Crippen LogP contribution is 2.24. The number of amides is 1. The Morgan fingerprint density at radius 1 is 1.18 bits per heavy atom. The fourth-order valence-electron chi connectivity index (χ4n) is 2.96. The van der Waals surface area contributed by atoms with E-state index in [4.69, 9.17) is 16.3 Å². The number of hydrogen-bond acceptors (Lipinski definition) is 5. The number of rotatable bonds is 4. The second kappa shape index (κ2) is 7.51. The van der Waals surface area contributed by atoms with Crippen molar-refractivity contribution < 1.29 is 17.9 Å². The first kappa shape index (κ1) is 18.9. The first-order chi connectivity index (χ1) is 13.4. The summed E-state index contributed by atoms with van der Waals surface area (Å²) in [4.78, 5) is 20.0. The summed E-state index contributed by atoms with van der Waals surface area (Å²) in [7, 11) is -3.74. The van der Waals surface area contributed by atoms with Gasteiger partial charge in [0.25, 0.3) is 5.91 Å². The zero-order valence-electron chi connectivity index (χ0n) is 14.7. The summed E-state index contributed by atoms with van der Waals surface area (Å²) in [6.45, 7) is 1.22. The molecule has 1 aromatic heterocycles. The number of anilines is 1. The lowest BCUT2D eigenvalue weighted by molar-refractivity contribution is 0.0730. The van der Waals surface area contributed by atoms with Crippen LogP contribution < -0.4 is 5.32 Å². The van der Waals surface area contributed by atoms with E-state index in [9.17, 15) is 13.2 Å². The number of sulfonamides is 1. The lowest BCUT2D eigenvalue weighted by atomic mass is 10.2. The molecule has 4 rings (SSSR count). The van der Waals surface area contributed by atoms with Crippen molar-refractivity contribution in [3.05, 3.63) is 53.1 Å². The van der Waals surface area contributed by atoms with Gasteiger partial charge >= 0.3 is 0 Å². The van der Waals surface area contributed by atoms with E-state index in [0.29, 0.717) is 18.7 Å². The summed E-state index contributed by atoms with van der Waals surface area (Å²) in [5.74, 6) is -0.299. The van der Waals surface area contributed by atoms with Gasteiger partial charge in [-0.1, -0.05) is 23.7 Å². The van der Waals surface area contributed by atoms with Gasteiger partial charge in [0.15, 0.2) is 0 Å². The zero-order chi connectivity index (χ0) is 19.7. The molecule has 2 aromatic carbocycles. The molecule has 0 bridgehead atoms. The molecular weight excluding hydrogens is 404 g/mol. The average molecular weight is 421 g/mol. The van der Waals surface area contributed by atoms with Gasteiger partial charge in [-0.25, -0.2) is 13.4 Å². The van der Waals surface area contributed by atoms with Gasteiger partial charge in [0.2, 0.25) is 16.0 Å². The van der Waals surface area contributed by atoms with Gasteiger partial charge in [0.05, 0.1) is 39.7 Å². The molecule has 0 unspecified atom stereocenters. The number of hydrogen-bond donors (Lipinski definition) is 2. The predicted octanol–water partition coefficient (Wildman–Crippen LogP) is 2.49. The molecule has 8 nitrogen and oxygen atoms in total. The van der Waals surface area contributed by atoms with Gasteiger partial charge in [-0.3, -0.25) is 10.1 Å². The molecule has 1 saturated heterocycles. The summed E-state index contributed by atoms with van der Waals surface area (Å²) in [6, 6.07) is 11.4. The number of benzene rings is 2. The van der Waals surface area contributed by atoms with Gasteiger partial charge in [0, 0.05) is 13.1 Å². The first-order valence-electron chi connectivity index (χ1n) is 8.59. The summed E-state index contributed by atoms with van der Waals surface area (Å²) in [5, 5.41) is 2.78. The number of halogens is 1. The molecule has 0 aliphatic carbocycles. The quantitative estimate of drug-likeness (QED) is 0.674. The minimum atomic E-state index is -3.74. The lowest BCUT2D eigenvalue weighted by Crippen LogP contribution is -2.40. The standard InChI is InChI=1S/C18H17ClN4O4S/c19-14-6-5-12(28(25,26)23-7-9-27-10-8-23)11-13(14)17(24)22-18-20-15-3-1-2-4-16(15)21-18/h1-6,11H,7-10H2,(H2,20,21,22,24). The SMILES string of the molecule is O=C(Nc1nc2ccccc2[nH]1)c1cc(S(=O)(=O)N2CCOCC2)ccc1Cl. The maximum Gasteiger partial charge on any atom is 0.259 e. The van der Waals surface area contributed by atoms with Gasteiger partial charge < -0.3 is 9.72 Å². The van der Waals surface area contributed by atoms with Crippen LogP contribution in [0.2, 0.25) is 5.02 Å². The van der Waals surface area contributed by atoms with E-state index in [1.807, 2.05) is 24.3 Å². The molecule has 1 amide bonds. The zero-order valence-corrected chi connectivity index (χ0v) is 16.3. The van der Waals surface area contributed by atoms with Gasteiger partial charge in [0.1, 0.15) is 0 Å². The highest BCUT2D eigenvalue weighted by molar-refractivity contribution is 7.89. The minimum Gasteiger partial charge on any atom is -0.379 e. The van der Waals surface area contributed by atoms with Crippen LogP contribution in [-0.4, -0.2) is 54.9 Å². The third kappa shape index (κ3) is 3.61. The van der Waals surface area contributed by atoms with Crippen LogP contribution in [0.3, 0.4) is 0 Å². The van der Waals surface area contributed by atoms with Crippen LogP contribution in [-0.2, 0) is 14.8 Å². The summed E-state index contributed by atoms with van der Waals surface area (Å²) in [5.41, 5.74) is 1.52. The fourth-order valence-corrected chi connectivity index (χ4v) is 4.60. The van der Waals surface area contributed by atoms with E-state index >= 15 is 0 Å². The molecule has 0 spiro atoms. The van der Waals surface area contributed by atoms with Crippen LogP contribution in [0, 0.1) is 0 Å². The molecule has 1 fully saturated rings. The van der Waals surface area contributed by atoms with Gasteiger partial charge in [-0.05, 0) is 30.3 Å². The topological polar surface area (TPSA) is 104 Å². The summed E-state index contributed by atoms with van der Waals surface area (Å²) < 4.78 is 32.2. The van der Waals surface area contributed by atoms with Crippen LogP contribution in [0.15, 0.2) is 47.4 Å².